The highest BCUT2D eigenvalue weighted by molar-refractivity contribution is 5.78. The zero-order valence-corrected chi connectivity index (χ0v) is 12.7. The summed E-state index contributed by atoms with van der Waals surface area (Å²) in [5.41, 5.74) is 0.313. The van der Waals surface area contributed by atoms with Gasteiger partial charge in [-0.05, 0) is 39.4 Å². The van der Waals surface area contributed by atoms with Crippen LogP contribution in [0.1, 0.15) is 26.3 Å². The predicted octanol–water partition coefficient (Wildman–Crippen LogP) is 1.61. The lowest BCUT2D eigenvalue weighted by molar-refractivity contribution is -0.385. The van der Waals surface area contributed by atoms with E-state index < -0.39 is 4.92 Å². The molecular formula is C14H21N3O4. The fourth-order valence-electron chi connectivity index (χ4n) is 1.74. The molecule has 1 rings (SSSR count). The third-order valence-corrected chi connectivity index (χ3v) is 2.48. The molecule has 0 aliphatic heterocycles. The molecule has 0 fully saturated rings. The number of nitrogens with zero attached hydrogens (tertiary/aromatic N) is 1. The molecule has 0 aromatic heterocycles. The molecule has 2 N–H and O–H groups in total. The zero-order chi connectivity index (χ0) is 16.0. The van der Waals surface area contributed by atoms with Crippen LogP contribution < -0.4 is 15.4 Å². The van der Waals surface area contributed by atoms with Gasteiger partial charge < -0.3 is 15.4 Å². The Labute approximate surface area is 123 Å². The number of nitro benzene ring substituents is 1. The first-order valence-corrected chi connectivity index (χ1v) is 6.58. The van der Waals surface area contributed by atoms with E-state index in [9.17, 15) is 14.9 Å². The highest BCUT2D eigenvalue weighted by Crippen LogP contribution is 2.27. The van der Waals surface area contributed by atoms with Crippen LogP contribution in [0.15, 0.2) is 18.2 Å². The molecule has 0 saturated carbocycles. The molecule has 0 aliphatic rings. The van der Waals surface area contributed by atoms with E-state index in [0.29, 0.717) is 6.54 Å². The maximum atomic E-state index is 11.7. The molecular weight excluding hydrogens is 274 g/mol. The Morgan fingerprint density at radius 1 is 1.38 bits per heavy atom. The summed E-state index contributed by atoms with van der Waals surface area (Å²) in [6.45, 7) is 5.84. The molecule has 0 heterocycles. The molecule has 1 amide bonds. The Hall–Kier alpha value is -2.15. The van der Waals surface area contributed by atoms with Gasteiger partial charge in [0.25, 0.3) is 5.91 Å². The van der Waals surface area contributed by atoms with E-state index in [1.54, 1.807) is 19.2 Å². The topological polar surface area (TPSA) is 93.5 Å². The van der Waals surface area contributed by atoms with Gasteiger partial charge in [-0.15, -0.1) is 0 Å². The second-order valence-corrected chi connectivity index (χ2v) is 5.68. The summed E-state index contributed by atoms with van der Waals surface area (Å²) in [6, 6.07) is 4.60. The molecule has 1 aromatic carbocycles. The van der Waals surface area contributed by atoms with Gasteiger partial charge in [0.2, 0.25) is 0 Å². The predicted molar refractivity (Wildman–Crippen MR) is 79.3 cm³/mol. The Bertz CT molecular complexity index is 523. The molecule has 0 atom stereocenters. The van der Waals surface area contributed by atoms with Gasteiger partial charge in [0.15, 0.2) is 12.4 Å². The van der Waals surface area contributed by atoms with E-state index >= 15 is 0 Å². The minimum Gasteiger partial charge on any atom is -0.477 e. The molecule has 0 aliphatic carbocycles. The number of rotatable bonds is 6. The van der Waals surface area contributed by atoms with E-state index in [-0.39, 0.29) is 29.5 Å². The summed E-state index contributed by atoms with van der Waals surface area (Å²) in [5, 5.41) is 16.7. The van der Waals surface area contributed by atoms with Crippen LogP contribution >= 0.6 is 0 Å². The molecule has 7 nitrogen and oxygen atoms in total. The Kier molecular flexibility index (Phi) is 5.66. The van der Waals surface area contributed by atoms with Crippen LogP contribution in [0.25, 0.3) is 0 Å². The number of carbonyl (C=O) groups is 1. The van der Waals surface area contributed by atoms with E-state index in [4.69, 9.17) is 4.74 Å². The fraction of sp³-hybridized carbons (Fsp3) is 0.500. The average Bonchev–Trinajstić information content (AvgIpc) is 2.34. The van der Waals surface area contributed by atoms with Crippen molar-refractivity contribution in [1.29, 1.82) is 0 Å². The van der Waals surface area contributed by atoms with E-state index in [2.05, 4.69) is 10.6 Å². The first kappa shape index (κ1) is 16.9. The molecule has 0 saturated heterocycles. The minimum absolute atomic E-state index is 0.0943. The molecule has 0 unspecified atom stereocenters. The van der Waals surface area contributed by atoms with Crippen molar-refractivity contribution in [2.75, 3.05) is 13.7 Å². The number of carbonyl (C=O) groups excluding carboxylic acids is 1. The van der Waals surface area contributed by atoms with Crippen molar-refractivity contribution in [3.05, 3.63) is 33.9 Å². The average molecular weight is 295 g/mol. The third kappa shape index (κ3) is 5.78. The largest absolute Gasteiger partial charge is 0.477 e. The van der Waals surface area contributed by atoms with Crippen LogP contribution in [0, 0.1) is 10.1 Å². The summed E-state index contributed by atoms with van der Waals surface area (Å²) in [4.78, 5) is 22.2. The van der Waals surface area contributed by atoms with E-state index in [1.807, 2.05) is 20.8 Å². The maximum absolute atomic E-state index is 11.7. The van der Waals surface area contributed by atoms with E-state index in [0.717, 1.165) is 5.56 Å². The monoisotopic (exact) mass is 295 g/mol. The quantitative estimate of drug-likeness (QED) is 0.614. The second-order valence-electron chi connectivity index (χ2n) is 5.68. The molecule has 0 bridgehead atoms. The summed E-state index contributed by atoms with van der Waals surface area (Å²) in [7, 11) is 1.78. The van der Waals surface area contributed by atoms with Gasteiger partial charge in [-0.2, -0.15) is 0 Å². The van der Waals surface area contributed by atoms with Gasteiger partial charge in [0, 0.05) is 18.2 Å². The van der Waals surface area contributed by atoms with Gasteiger partial charge in [-0.25, -0.2) is 0 Å². The number of ether oxygens (including phenoxy) is 1. The Morgan fingerprint density at radius 2 is 2.05 bits per heavy atom. The van der Waals surface area contributed by atoms with Gasteiger partial charge in [-0.1, -0.05) is 6.07 Å². The van der Waals surface area contributed by atoms with Crippen LogP contribution in [0.2, 0.25) is 0 Å². The lowest BCUT2D eigenvalue weighted by Gasteiger charge is -2.20. The normalized spacial score (nSPS) is 11.0. The highest BCUT2D eigenvalue weighted by atomic mass is 16.6. The van der Waals surface area contributed by atoms with Crippen LogP contribution in [0.5, 0.6) is 5.75 Å². The standard InChI is InChI=1S/C14H21N3O4/c1-14(2,3)16-13(18)9-21-12-7-10(8-15-4)5-6-11(12)17(19)20/h5-7,15H,8-9H2,1-4H3,(H,16,18). The lowest BCUT2D eigenvalue weighted by atomic mass is 10.1. The smallest absolute Gasteiger partial charge is 0.310 e. The van der Waals surface area contributed by atoms with Crippen molar-refractivity contribution in [1.82, 2.24) is 10.6 Å². The van der Waals surface area contributed by atoms with Crippen molar-refractivity contribution >= 4 is 11.6 Å². The SMILES string of the molecule is CNCc1ccc([N+](=O)[O-])c(OCC(=O)NC(C)(C)C)c1. The molecule has 0 spiro atoms. The van der Waals surface area contributed by atoms with Gasteiger partial charge in [-0.3, -0.25) is 14.9 Å². The second kappa shape index (κ2) is 7.03. The lowest BCUT2D eigenvalue weighted by Crippen LogP contribution is -2.43. The number of nitro groups is 1. The van der Waals surface area contributed by atoms with Crippen molar-refractivity contribution in [3.8, 4) is 5.75 Å². The number of hydrogen-bond acceptors (Lipinski definition) is 5. The van der Waals surface area contributed by atoms with Gasteiger partial charge >= 0.3 is 5.69 Å². The summed E-state index contributed by atoms with van der Waals surface area (Å²) < 4.78 is 5.31. The molecule has 116 valence electrons. The number of hydrogen-bond donors (Lipinski definition) is 2. The Morgan fingerprint density at radius 3 is 2.57 bits per heavy atom. The van der Waals surface area contributed by atoms with Crippen LogP contribution in [-0.2, 0) is 11.3 Å². The molecule has 0 radical (unpaired) electrons. The number of nitrogens with one attached hydrogen (secondary N) is 2. The highest BCUT2D eigenvalue weighted by Gasteiger charge is 2.18. The zero-order valence-electron chi connectivity index (χ0n) is 12.7. The number of benzene rings is 1. The van der Waals surface area contributed by atoms with Crippen molar-refractivity contribution in [2.45, 2.75) is 32.9 Å². The fourth-order valence-corrected chi connectivity index (χ4v) is 1.74. The maximum Gasteiger partial charge on any atom is 0.310 e. The first-order chi connectivity index (χ1) is 9.73. The summed E-state index contributed by atoms with van der Waals surface area (Å²) in [5.74, 6) is -0.229. The van der Waals surface area contributed by atoms with Crippen LogP contribution in [0.4, 0.5) is 5.69 Å². The van der Waals surface area contributed by atoms with Gasteiger partial charge in [0.05, 0.1) is 4.92 Å². The van der Waals surface area contributed by atoms with Crippen LogP contribution in [-0.4, -0.2) is 30.0 Å². The van der Waals surface area contributed by atoms with Crippen molar-refractivity contribution in [2.24, 2.45) is 0 Å². The summed E-state index contributed by atoms with van der Waals surface area (Å²) in [6.07, 6.45) is 0. The van der Waals surface area contributed by atoms with Gasteiger partial charge in [0.1, 0.15) is 0 Å². The molecule has 21 heavy (non-hydrogen) atoms. The van der Waals surface area contributed by atoms with Crippen molar-refractivity contribution in [3.63, 3.8) is 0 Å². The van der Waals surface area contributed by atoms with Crippen molar-refractivity contribution < 1.29 is 14.5 Å². The Balaban J connectivity index is 2.82. The number of amides is 1. The van der Waals surface area contributed by atoms with Crippen LogP contribution in [0.3, 0.4) is 0 Å². The summed E-state index contributed by atoms with van der Waals surface area (Å²) >= 11 is 0. The molecule has 7 heteroatoms. The minimum atomic E-state index is -0.528. The van der Waals surface area contributed by atoms with E-state index in [1.165, 1.54) is 6.07 Å². The first-order valence-electron chi connectivity index (χ1n) is 6.58. The molecule has 1 aromatic rings. The third-order valence-electron chi connectivity index (χ3n) is 2.48.